The van der Waals surface area contributed by atoms with Crippen molar-refractivity contribution in [1.29, 1.82) is 0 Å². The van der Waals surface area contributed by atoms with E-state index in [0.717, 1.165) is 19.3 Å². The Morgan fingerprint density at radius 1 is 0.966 bits per heavy atom. The Balaban J connectivity index is 1.64. The molecular weight excluding hydrogens is 368 g/mol. The quantitative estimate of drug-likeness (QED) is 0.669. The SMILES string of the molecule is CC[C@H]1O[C@H](OC(=O)c2ccccc2)[C@@](OC(=O)c2ccccc2)(C2CC2)[C@@H]1C. The molecule has 1 heterocycles. The molecular formula is C24H26O5. The summed E-state index contributed by atoms with van der Waals surface area (Å²) in [6, 6.07) is 17.7. The number of carbonyl (C=O) groups excluding carboxylic acids is 2. The molecule has 1 aliphatic carbocycles. The Labute approximate surface area is 171 Å². The molecule has 2 aromatic rings. The second-order valence-corrected chi connectivity index (χ2v) is 7.86. The Kier molecular flexibility index (Phi) is 5.41. The molecule has 5 nitrogen and oxygen atoms in total. The standard InChI is InChI=1S/C24H26O5/c1-3-20-16(2)24(19-14-15-19,29-22(26)18-12-8-5-9-13-18)23(27-20)28-21(25)17-10-6-4-7-11-17/h4-13,16,19-20,23H,3,14-15H2,1-2H3/t16-,20-,23-,24+/m1/s1. The molecule has 0 bridgehead atoms. The summed E-state index contributed by atoms with van der Waals surface area (Å²) in [6.45, 7) is 4.06. The minimum atomic E-state index is -0.974. The van der Waals surface area contributed by atoms with Crippen LogP contribution in [0.2, 0.25) is 0 Å². The highest BCUT2D eigenvalue weighted by atomic mass is 16.7. The maximum Gasteiger partial charge on any atom is 0.340 e. The zero-order valence-electron chi connectivity index (χ0n) is 16.7. The molecule has 0 N–H and O–H groups in total. The number of benzene rings is 2. The van der Waals surface area contributed by atoms with Gasteiger partial charge in [0.25, 0.3) is 0 Å². The van der Waals surface area contributed by atoms with Crippen molar-refractivity contribution in [1.82, 2.24) is 0 Å². The van der Waals surface area contributed by atoms with E-state index < -0.39 is 23.8 Å². The second kappa shape index (κ2) is 7.99. The average Bonchev–Trinajstić information content (AvgIpc) is 3.58. The Morgan fingerprint density at radius 3 is 2.03 bits per heavy atom. The number of hydrogen-bond acceptors (Lipinski definition) is 5. The summed E-state index contributed by atoms with van der Waals surface area (Å²) in [5.41, 5.74) is -0.0477. The Hall–Kier alpha value is -2.66. The van der Waals surface area contributed by atoms with Crippen LogP contribution < -0.4 is 0 Å². The molecule has 152 valence electrons. The van der Waals surface area contributed by atoms with Crippen molar-refractivity contribution in [3.63, 3.8) is 0 Å². The van der Waals surface area contributed by atoms with Crippen LogP contribution in [-0.2, 0) is 14.2 Å². The second-order valence-electron chi connectivity index (χ2n) is 7.86. The van der Waals surface area contributed by atoms with E-state index in [0.29, 0.717) is 11.1 Å². The topological polar surface area (TPSA) is 61.8 Å². The minimum absolute atomic E-state index is 0.0822. The fourth-order valence-corrected chi connectivity index (χ4v) is 4.31. The third kappa shape index (κ3) is 3.67. The molecule has 2 aromatic carbocycles. The maximum atomic E-state index is 13.0. The molecule has 0 unspecified atom stereocenters. The van der Waals surface area contributed by atoms with Crippen LogP contribution in [0, 0.1) is 11.8 Å². The van der Waals surface area contributed by atoms with Crippen LogP contribution in [0.15, 0.2) is 60.7 Å². The van der Waals surface area contributed by atoms with Gasteiger partial charge in [0, 0.05) is 11.8 Å². The van der Waals surface area contributed by atoms with E-state index in [1.54, 1.807) is 48.5 Å². The molecule has 0 amide bonds. The highest BCUT2D eigenvalue weighted by molar-refractivity contribution is 5.90. The van der Waals surface area contributed by atoms with Crippen molar-refractivity contribution in [2.75, 3.05) is 0 Å². The first-order valence-electron chi connectivity index (χ1n) is 10.3. The van der Waals surface area contributed by atoms with Gasteiger partial charge in [-0.05, 0) is 43.5 Å². The molecule has 4 atom stereocenters. The van der Waals surface area contributed by atoms with Gasteiger partial charge in [-0.2, -0.15) is 0 Å². The first kappa shape index (κ1) is 19.6. The van der Waals surface area contributed by atoms with Gasteiger partial charge in [0.15, 0.2) is 5.60 Å². The molecule has 0 aromatic heterocycles. The highest BCUT2D eigenvalue weighted by Gasteiger charge is 2.65. The molecule has 4 rings (SSSR count). The molecule has 1 saturated heterocycles. The van der Waals surface area contributed by atoms with Crippen molar-refractivity contribution in [3.8, 4) is 0 Å². The molecule has 29 heavy (non-hydrogen) atoms. The average molecular weight is 394 g/mol. The first-order chi connectivity index (χ1) is 14.1. The van der Waals surface area contributed by atoms with Gasteiger partial charge >= 0.3 is 11.9 Å². The first-order valence-corrected chi connectivity index (χ1v) is 10.3. The zero-order valence-corrected chi connectivity index (χ0v) is 16.7. The van der Waals surface area contributed by atoms with E-state index in [2.05, 4.69) is 0 Å². The predicted octanol–water partition coefficient (Wildman–Crippen LogP) is 4.62. The lowest BCUT2D eigenvalue weighted by atomic mass is 9.81. The number of hydrogen-bond donors (Lipinski definition) is 0. The van der Waals surface area contributed by atoms with Crippen molar-refractivity contribution in [2.45, 2.75) is 51.1 Å². The Morgan fingerprint density at radius 2 is 1.52 bits per heavy atom. The fraction of sp³-hybridized carbons (Fsp3) is 0.417. The maximum absolute atomic E-state index is 13.0. The van der Waals surface area contributed by atoms with E-state index in [1.165, 1.54) is 0 Å². The monoisotopic (exact) mass is 394 g/mol. The van der Waals surface area contributed by atoms with Gasteiger partial charge in [0.1, 0.15) is 0 Å². The van der Waals surface area contributed by atoms with E-state index >= 15 is 0 Å². The van der Waals surface area contributed by atoms with Gasteiger partial charge < -0.3 is 14.2 Å². The normalized spacial score (nSPS) is 28.7. The number of ether oxygens (including phenoxy) is 3. The summed E-state index contributed by atoms with van der Waals surface area (Å²) in [5, 5.41) is 0. The Bertz CT molecular complexity index is 861. The summed E-state index contributed by atoms with van der Waals surface area (Å²) in [7, 11) is 0. The number of esters is 2. The van der Waals surface area contributed by atoms with Crippen LogP contribution in [0.1, 0.15) is 53.8 Å². The van der Waals surface area contributed by atoms with Crippen molar-refractivity contribution < 1.29 is 23.8 Å². The van der Waals surface area contributed by atoms with Gasteiger partial charge in [-0.15, -0.1) is 0 Å². The largest absolute Gasteiger partial charge is 0.448 e. The molecule has 1 saturated carbocycles. The van der Waals surface area contributed by atoms with Gasteiger partial charge in [0.2, 0.25) is 6.29 Å². The molecule has 5 heteroatoms. The summed E-state index contributed by atoms with van der Waals surface area (Å²) >= 11 is 0. The molecule has 0 radical (unpaired) electrons. The van der Waals surface area contributed by atoms with Gasteiger partial charge in [-0.3, -0.25) is 0 Å². The third-order valence-electron chi connectivity index (χ3n) is 6.06. The van der Waals surface area contributed by atoms with Crippen LogP contribution in [0.3, 0.4) is 0 Å². The van der Waals surface area contributed by atoms with Gasteiger partial charge in [-0.1, -0.05) is 50.2 Å². The van der Waals surface area contributed by atoms with E-state index in [1.807, 2.05) is 26.0 Å². The van der Waals surface area contributed by atoms with Crippen LogP contribution >= 0.6 is 0 Å². The molecule has 2 aliphatic rings. The zero-order chi connectivity index (χ0) is 20.4. The lowest BCUT2D eigenvalue weighted by molar-refractivity contribution is -0.183. The lowest BCUT2D eigenvalue weighted by Gasteiger charge is -2.36. The lowest BCUT2D eigenvalue weighted by Crippen LogP contribution is -2.51. The van der Waals surface area contributed by atoms with E-state index in [-0.39, 0.29) is 17.9 Å². The van der Waals surface area contributed by atoms with Crippen LogP contribution in [0.4, 0.5) is 0 Å². The van der Waals surface area contributed by atoms with E-state index in [4.69, 9.17) is 14.2 Å². The number of rotatable bonds is 6. The summed E-state index contributed by atoms with van der Waals surface area (Å²) in [5.74, 6) is -0.845. The van der Waals surface area contributed by atoms with E-state index in [9.17, 15) is 9.59 Å². The van der Waals surface area contributed by atoms with Crippen molar-refractivity contribution in [2.24, 2.45) is 11.8 Å². The molecule has 0 spiro atoms. The van der Waals surface area contributed by atoms with Crippen molar-refractivity contribution >= 4 is 11.9 Å². The summed E-state index contributed by atoms with van der Waals surface area (Å²) < 4.78 is 18.1. The smallest absolute Gasteiger partial charge is 0.340 e. The van der Waals surface area contributed by atoms with Crippen LogP contribution in [0.25, 0.3) is 0 Å². The van der Waals surface area contributed by atoms with Crippen LogP contribution in [0.5, 0.6) is 0 Å². The van der Waals surface area contributed by atoms with Crippen LogP contribution in [-0.4, -0.2) is 29.9 Å². The van der Waals surface area contributed by atoms with Gasteiger partial charge in [0.05, 0.1) is 17.2 Å². The molecule has 1 aliphatic heterocycles. The predicted molar refractivity (Wildman–Crippen MR) is 107 cm³/mol. The highest BCUT2D eigenvalue weighted by Crippen LogP contribution is 2.55. The van der Waals surface area contributed by atoms with Gasteiger partial charge in [-0.25, -0.2) is 9.59 Å². The molecule has 2 fully saturated rings. The third-order valence-corrected chi connectivity index (χ3v) is 6.06. The summed E-state index contributed by atoms with van der Waals surface area (Å²) in [4.78, 5) is 25.7. The van der Waals surface area contributed by atoms with Crippen molar-refractivity contribution in [3.05, 3.63) is 71.8 Å². The fourth-order valence-electron chi connectivity index (χ4n) is 4.31. The number of carbonyl (C=O) groups is 2. The summed E-state index contributed by atoms with van der Waals surface area (Å²) in [6.07, 6.45) is 1.53. The minimum Gasteiger partial charge on any atom is -0.448 e.